The van der Waals surface area contributed by atoms with E-state index in [1.54, 1.807) is 0 Å². The van der Waals surface area contributed by atoms with E-state index in [1.807, 2.05) is 0 Å². The number of nitrogens with two attached hydrogens (primary N) is 1. The molecule has 0 radical (unpaired) electrons. The molecule has 1 aliphatic heterocycles. The smallest absolute Gasteiger partial charge is 0.328 e. The minimum absolute atomic E-state index is 0.0912. The minimum atomic E-state index is -0.508. The molecule has 0 saturated carbocycles. The minimum Gasteiger partial charge on any atom is -0.393 e. The van der Waals surface area contributed by atoms with E-state index < -0.39 is 5.56 Å². The Kier molecular flexibility index (Phi) is 3.09. The number of nitrogens with zero attached hydrogens (tertiary/aromatic N) is 1. The summed E-state index contributed by atoms with van der Waals surface area (Å²) >= 11 is 0. The van der Waals surface area contributed by atoms with Crippen LogP contribution >= 0.6 is 0 Å². The van der Waals surface area contributed by atoms with E-state index in [-0.39, 0.29) is 11.4 Å². The average molecular weight is 224 g/mol. The van der Waals surface area contributed by atoms with E-state index in [9.17, 15) is 9.59 Å². The highest BCUT2D eigenvalue weighted by atomic mass is 16.2. The molecule has 0 unspecified atom stereocenters. The molecule has 6 nitrogen and oxygen atoms in total. The standard InChI is InChI=1S/C10H16N4O2/c11-8-6-14(10(16)13-9(8)15)5-7-1-3-12-4-2-7/h6-7,12H,1-5,11H2,(H,13,15,16). The van der Waals surface area contributed by atoms with Crippen LogP contribution < -0.4 is 22.3 Å². The summed E-state index contributed by atoms with van der Waals surface area (Å²) in [5.74, 6) is 0.476. The van der Waals surface area contributed by atoms with Crippen LogP contribution in [0.2, 0.25) is 0 Å². The summed E-state index contributed by atoms with van der Waals surface area (Å²) in [5.41, 5.74) is 4.69. The van der Waals surface area contributed by atoms with Gasteiger partial charge in [0.2, 0.25) is 0 Å². The molecular formula is C10H16N4O2. The first-order chi connectivity index (χ1) is 7.66. The summed E-state index contributed by atoms with van der Waals surface area (Å²) in [7, 11) is 0. The molecular weight excluding hydrogens is 208 g/mol. The summed E-state index contributed by atoms with van der Waals surface area (Å²) < 4.78 is 1.49. The first-order valence-electron chi connectivity index (χ1n) is 5.47. The fourth-order valence-corrected chi connectivity index (χ4v) is 2.00. The van der Waals surface area contributed by atoms with Crippen molar-refractivity contribution in [2.75, 3.05) is 18.8 Å². The van der Waals surface area contributed by atoms with Gasteiger partial charge in [0.25, 0.3) is 5.56 Å². The normalized spacial score (nSPS) is 17.5. The molecule has 88 valence electrons. The maximum Gasteiger partial charge on any atom is 0.328 e. The van der Waals surface area contributed by atoms with Crippen molar-refractivity contribution >= 4 is 5.69 Å². The van der Waals surface area contributed by atoms with Crippen molar-refractivity contribution < 1.29 is 0 Å². The number of anilines is 1. The highest BCUT2D eigenvalue weighted by Gasteiger charge is 2.14. The maximum absolute atomic E-state index is 11.5. The van der Waals surface area contributed by atoms with Crippen LogP contribution in [-0.4, -0.2) is 22.6 Å². The van der Waals surface area contributed by atoms with Gasteiger partial charge in [-0.3, -0.25) is 14.3 Å². The number of hydrogen-bond acceptors (Lipinski definition) is 4. The Hall–Kier alpha value is -1.56. The van der Waals surface area contributed by atoms with E-state index >= 15 is 0 Å². The summed E-state index contributed by atoms with van der Waals surface area (Å²) in [6, 6.07) is 0. The van der Waals surface area contributed by atoms with Crippen LogP contribution in [0, 0.1) is 5.92 Å². The molecule has 1 aromatic rings. The van der Waals surface area contributed by atoms with Gasteiger partial charge in [-0.15, -0.1) is 0 Å². The monoisotopic (exact) mass is 224 g/mol. The van der Waals surface area contributed by atoms with E-state index in [1.165, 1.54) is 10.8 Å². The van der Waals surface area contributed by atoms with Gasteiger partial charge in [-0.25, -0.2) is 4.79 Å². The largest absolute Gasteiger partial charge is 0.393 e. The second kappa shape index (κ2) is 4.52. The van der Waals surface area contributed by atoms with E-state index in [0.29, 0.717) is 12.5 Å². The number of piperidine rings is 1. The molecule has 0 aromatic carbocycles. The molecule has 0 spiro atoms. The predicted octanol–water partition coefficient (Wildman–Crippen LogP) is -0.882. The zero-order valence-electron chi connectivity index (χ0n) is 9.03. The van der Waals surface area contributed by atoms with Gasteiger partial charge < -0.3 is 11.1 Å². The zero-order chi connectivity index (χ0) is 11.5. The third-order valence-corrected chi connectivity index (χ3v) is 2.95. The Morgan fingerprint density at radius 3 is 2.75 bits per heavy atom. The third-order valence-electron chi connectivity index (χ3n) is 2.95. The molecule has 1 saturated heterocycles. The quantitative estimate of drug-likeness (QED) is 0.608. The molecule has 2 rings (SSSR count). The van der Waals surface area contributed by atoms with Crippen LogP contribution in [0.15, 0.2) is 15.8 Å². The van der Waals surface area contributed by atoms with E-state index in [4.69, 9.17) is 5.73 Å². The highest BCUT2D eigenvalue weighted by molar-refractivity contribution is 5.30. The van der Waals surface area contributed by atoms with Gasteiger partial charge in [0.1, 0.15) is 5.69 Å². The van der Waals surface area contributed by atoms with Gasteiger partial charge in [-0.2, -0.15) is 0 Å². The van der Waals surface area contributed by atoms with Crippen LogP contribution in [0.4, 0.5) is 5.69 Å². The first-order valence-corrected chi connectivity index (χ1v) is 5.47. The van der Waals surface area contributed by atoms with Gasteiger partial charge in [-0.1, -0.05) is 0 Å². The zero-order valence-corrected chi connectivity index (χ0v) is 9.03. The molecule has 0 bridgehead atoms. The van der Waals surface area contributed by atoms with Crippen molar-refractivity contribution in [3.63, 3.8) is 0 Å². The second-order valence-electron chi connectivity index (χ2n) is 4.19. The third kappa shape index (κ3) is 2.33. The molecule has 0 aliphatic carbocycles. The van der Waals surface area contributed by atoms with Crippen LogP contribution in [0.1, 0.15) is 12.8 Å². The fourth-order valence-electron chi connectivity index (χ4n) is 2.00. The predicted molar refractivity (Wildman–Crippen MR) is 61.3 cm³/mol. The van der Waals surface area contributed by atoms with Crippen LogP contribution in [0.5, 0.6) is 0 Å². The highest BCUT2D eigenvalue weighted by Crippen LogP contribution is 2.13. The van der Waals surface area contributed by atoms with E-state index in [2.05, 4.69) is 10.3 Å². The molecule has 2 heterocycles. The first kappa shape index (κ1) is 10.9. The van der Waals surface area contributed by atoms with Crippen molar-refractivity contribution in [3.8, 4) is 0 Å². The van der Waals surface area contributed by atoms with Crippen molar-refractivity contribution in [3.05, 3.63) is 27.0 Å². The summed E-state index contributed by atoms with van der Waals surface area (Å²) in [6.07, 6.45) is 3.53. The lowest BCUT2D eigenvalue weighted by Crippen LogP contribution is -2.35. The number of rotatable bonds is 2. The molecule has 0 amide bonds. The lowest BCUT2D eigenvalue weighted by Gasteiger charge is -2.23. The number of aromatic amines is 1. The lowest BCUT2D eigenvalue weighted by molar-refractivity contribution is 0.328. The van der Waals surface area contributed by atoms with Gasteiger partial charge in [0.05, 0.1) is 0 Å². The van der Waals surface area contributed by atoms with Crippen molar-refractivity contribution in [1.82, 2.24) is 14.9 Å². The summed E-state index contributed by atoms with van der Waals surface area (Å²) in [4.78, 5) is 24.8. The summed E-state index contributed by atoms with van der Waals surface area (Å²) in [6.45, 7) is 2.60. The molecule has 0 atom stereocenters. The van der Waals surface area contributed by atoms with Crippen LogP contribution in [0.3, 0.4) is 0 Å². The average Bonchev–Trinajstić information content (AvgIpc) is 2.27. The van der Waals surface area contributed by atoms with Gasteiger partial charge in [0, 0.05) is 12.7 Å². The van der Waals surface area contributed by atoms with Gasteiger partial charge in [0.15, 0.2) is 0 Å². The maximum atomic E-state index is 11.5. The Balaban J connectivity index is 2.17. The summed E-state index contributed by atoms with van der Waals surface area (Å²) in [5, 5.41) is 3.27. The van der Waals surface area contributed by atoms with Crippen LogP contribution in [-0.2, 0) is 6.54 Å². The van der Waals surface area contributed by atoms with Gasteiger partial charge >= 0.3 is 5.69 Å². The number of nitrogen functional groups attached to an aromatic ring is 1. The molecule has 1 aromatic heterocycles. The van der Waals surface area contributed by atoms with Crippen molar-refractivity contribution in [2.45, 2.75) is 19.4 Å². The Labute approximate surface area is 92.5 Å². The number of nitrogens with one attached hydrogen (secondary N) is 2. The SMILES string of the molecule is Nc1cn(CC2CCNCC2)c(=O)[nH]c1=O. The number of H-pyrrole nitrogens is 1. The molecule has 1 aliphatic rings. The van der Waals surface area contributed by atoms with Crippen molar-refractivity contribution in [2.24, 2.45) is 5.92 Å². The van der Waals surface area contributed by atoms with E-state index in [0.717, 1.165) is 25.9 Å². The fraction of sp³-hybridized carbons (Fsp3) is 0.600. The Morgan fingerprint density at radius 1 is 1.38 bits per heavy atom. The Bertz CT molecular complexity index is 470. The molecule has 1 fully saturated rings. The number of hydrogen-bond donors (Lipinski definition) is 3. The van der Waals surface area contributed by atoms with Crippen LogP contribution in [0.25, 0.3) is 0 Å². The Morgan fingerprint density at radius 2 is 2.06 bits per heavy atom. The topological polar surface area (TPSA) is 92.9 Å². The number of aromatic nitrogens is 2. The van der Waals surface area contributed by atoms with Crippen molar-refractivity contribution in [1.29, 1.82) is 0 Å². The lowest BCUT2D eigenvalue weighted by atomic mass is 9.98. The van der Waals surface area contributed by atoms with Gasteiger partial charge in [-0.05, 0) is 31.8 Å². The molecule has 4 N–H and O–H groups in total. The second-order valence-corrected chi connectivity index (χ2v) is 4.19. The molecule has 6 heteroatoms. The molecule has 16 heavy (non-hydrogen) atoms.